The topological polar surface area (TPSA) is 56.1 Å². The largest absolute Gasteiger partial charge is 0.490 e. The van der Waals surface area contributed by atoms with Crippen LogP contribution in [0.3, 0.4) is 0 Å². The molecule has 1 N–H and O–H groups in total. The molecule has 0 bridgehead atoms. The Morgan fingerprint density at radius 3 is 2.72 bits per heavy atom. The summed E-state index contributed by atoms with van der Waals surface area (Å²) in [4.78, 5) is 16.9. The molecule has 29 heavy (non-hydrogen) atoms. The summed E-state index contributed by atoms with van der Waals surface area (Å²) in [7, 11) is 1.50. The average Bonchev–Trinajstić information content (AvgIpc) is 3.16. The minimum Gasteiger partial charge on any atom is -0.490 e. The highest BCUT2D eigenvalue weighted by Gasteiger charge is 2.30. The van der Waals surface area contributed by atoms with Gasteiger partial charge in [0.15, 0.2) is 0 Å². The number of nitrogens with zero attached hydrogens (tertiary/aromatic N) is 2. The summed E-state index contributed by atoms with van der Waals surface area (Å²) < 4.78 is 21.5. The SMILES string of the molecule is CCc1cc(Nc2nc(=O)c(OC)c3n2C(c2ccccc2)CC3)c(C)cc1F. The highest BCUT2D eigenvalue weighted by Crippen LogP contribution is 2.38. The number of ether oxygens (including phenoxy) is 1. The molecule has 2 aromatic carbocycles. The van der Waals surface area contributed by atoms with Gasteiger partial charge in [0.25, 0.3) is 0 Å². The number of hydrogen-bond acceptors (Lipinski definition) is 4. The van der Waals surface area contributed by atoms with Gasteiger partial charge in [-0.3, -0.25) is 4.79 Å². The molecule has 1 atom stereocenters. The summed E-state index contributed by atoms with van der Waals surface area (Å²) in [5.74, 6) is 0.524. The summed E-state index contributed by atoms with van der Waals surface area (Å²) in [5.41, 5.74) is 3.70. The van der Waals surface area contributed by atoms with Crippen LogP contribution in [-0.2, 0) is 12.8 Å². The average molecular weight is 393 g/mol. The second kappa shape index (κ2) is 7.70. The van der Waals surface area contributed by atoms with Crippen molar-refractivity contribution in [1.29, 1.82) is 0 Å². The van der Waals surface area contributed by atoms with E-state index in [0.717, 1.165) is 35.3 Å². The first-order chi connectivity index (χ1) is 14.0. The van der Waals surface area contributed by atoms with E-state index in [-0.39, 0.29) is 11.9 Å². The van der Waals surface area contributed by atoms with Crippen LogP contribution in [0.1, 0.15) is 41.8 Å². The molecule has 0 aliphatic carbocycles. The van der Waals surface area contributed by atoms with Crippen LogP contribution < -0.4 is 15.6 Å². The van der Waals surface area contributed by atoms with Crippen LogP contribution in [-0.4, -0.2) is 16.7 Å². The second-order valence-corrected chi connectivity index (χ2v) is 7.29. The summed E-state index contributed by atoms with van der Waals surface area (Å²) in [5, 5.41) is 3.30. The zero-order valence-electron chi connectivity index (χ0n) is 16.8. The van der Waals surface area contributed by atoms with Crippen LogP contribution in [0, 0.1) is 12.7 Å². The molecule has 4 rings (SSSR count). The lowest BCUT2D eigenvalue weighted by Gasteiger charge is -2.22. The van der Waals surface area contributed by atoms with Crippen LogP contribution in [0.4, 0.5) is 16.0 Å². The highest BCUT2D eigenvalue weighted by molar-refractivity contribution is 5.61. The Bertz CT molecular complexity index is 1110. The molecular weight excluding hydrogens is 369 g/mol. The van der Waals surface area contributed by atoms with Gasteiger partial charge >= 0.3 is 5.56 Å². The monoisotopic (exact) mass is 393 g/mol. The number of fused-ring (bicyclic) bond motifs is 1. The van der Waals surface area contributed by atoms with Gasteiger partial charge < -0.3 is 14.6 Å². The number of hydrogen-bond donors (Lipinski definition) is 1. The van der Waals surface area contributed by atoms with Gasteiger partial charge in [-0.15, -0.1) is 0 Å². The molecule has 0 fully saturated rings. The quantitative estimate of drug-likeness (QED) is 0.691. The number of aryl methyl sites for hydroxylation is 2. The molecule has 0 saturated heterocycles. The van der Waals surface area contributed by atoms with Crippen LogP contribution in [0.15, 0.2) is 47.3 Å². The maximum Gasteiger partial charge on any atom is 0.317 e. The van der Waals surface area contributed by atoms with Crippen molar-refractivity contribution in [3.8, 4) is 5.75 Å². The Morgan fingerprint density at radius 2 is 2.03 bits per heavy atom. The first-order valence-corrected chi connectivity index (χ1v) is 9.83. The van der Waals surface area contributed by atoms with Crippen molar-refractivity contribution in [3.63, 3.8) is 0 Å². The number of benzene rings is 2. The van der Waals surface area contributed by atoms with Gasteiger partial charge in [0, 0.05) is 5.69 Å². The summed E-state index contributed by atoms with van der Waals surface area (Å²) in [6.07, 6.45) is 2.15. The van der Waals surface area contributed by atoms with E-state index in [2.05, 4.69) is 22.4 Å². The van der Waals surface area contributed by atoms with Crippen LogP contribution in [0.2, 0.25) is 0 Å². The Hall–Kier alpha value is -3.15. The predicted molar refractivity (Wildman–Crippen MR) is 112 cm³/mol. The molecule has 1 unspecified atom stereocenters. The zero-order chi connectivity index (χ0) is 20.5. The second-order valence-electron chi connectivity index (χ2n) is 7.29. The lowest BCUT2D eigenvalue weighted by Crippen LogP contribution is -2.22. The molecular formula is C23H24FN3O2. The normalized spacial score (nSPS) is 15.2. The predicted octanol–water partition coefficient (Wildman–Crippen LogP) is 4.54. The molecule has 0 radical (unpaired) electrons. The zero-order valence-corrected chi connectivity index (χ0v) is 16.8. The number of rotatable bonds is 5. The molecule has 1 aliphatic rings. The molecule has 0 saturated carbocycles. The number of anilines is 2. The minimum absolute atomic E-state index is 0.0436. The van der Waals surface area contributed by atoms with Crippen LogP contribution in [0.5, 0.6) is 5.75 Å². The van der Waals surface area contributed by atoms with E-state index in [4.69, 9.17) is 4.74 Å². The fourth-order valence-corrected chi connectivity index (χ4v) is 4.06. The van der Waals surface area contributed by atoms with Crippen molar-refractivity contribution in [2.24, 2.45) is 0 Å². The molecule has 3 aromatic rings. The van der Waals surface area contributed by atoms with Gasteiger partial charge in [-0.25, -0.2) is 4.39 Å². The van der Waals surface area contributed by atoms with E-state index in [0.29, 0.717) is 23.7 Å². The first kappa shape index (κ1) is 19.2. The fraction of sp³-hybridized carbons (Fsp3) is 0.304. The Labute approximate surface area is 169 Å². The third-order valence-electron chi connectivity index (χ3n) is 5.56. The maximum atomic E-state index is 14.1. The Kier molecular flexibility index (Phi) is 5.09. The van der Waals surface area contributed by atoms with E-state index >= 15 is 0 Å². The number of halogens is 1. The molecule has 1 aromatic heterocycles. The molecule has 2 heterocycles. The summed E-state index contributed by atoms with van der Waals surface area (Å²) in [6, 6.07) is 13.5. The lowest BCUT2D eigenvalue weighted by atomic mass is 10.0. The van der Waals surface area contributed by atoms with Gasteiger partial charge in [0.1, 0.15) is 5.82 Å². The highest BCUT2D eigenvalue weighted by atomic mass is 19.1. The molecule has 0 spiro atoms. The number of aromatic nitrogens is 2. The van der Waals surface area contributed by atoms with E-state index in [9.17, 15) is 9.18 Å². The van der Waals surface area contributed by atoms with Crippen molar-refractivity contribution in [2.45, 2.75) is 39.2 Å². The fourth-order valence-electron chi connectivity index (χ4n) is 4.06. The third kappa shape index (κ3) is 3.39. The van der Waals surface area contributed by atoms with Crippen molar-refractivity contribution < 1.29 is 9.13 Å². The summed E-state index contributed by atoms with van der Waals surface area (Å²) >= 11 is 0. The van der Waals surface area contributed by atoms with Crippen molar-refractivity contribution in [1.82, 2.24) is 9.55 Å². The summed E-state index contributed by atoms with van der Waals surface area (Å²) in [6.45, 7) is 3.75. The Morgan fingerprint density at radius 1 is 1.28 bits per heavy atom. The lowest BCUT2D eigenvalue weighted by molar-refractivity contribution is 0.398. The molecule has 5 nitrogen and oxygen atoms in total. The van der Waals surface area contributed by atoms with E-state index in [1.54, 1.807) is 6.07 Å². The van der Waals surface area contributed by atoms with Gasteiger partial charge in [0.2, 0.25) is 11.7 Å². The smallest absolute Gasteiger partial charge is 0.317 e. The maximum absolute atomic E-state index is 14.1. The van der Waals surface area contributed by atoms with Crippen molar-refractivity contribution >= 4 is 11.6 Å². The molecule has 1 aliphatic heterocycles. The number of methoxy groups -OCH3 is 1. The van der Waals surface area contributed by atoms with Crippen LogP contribution >= 0.6 is 0 Å². The Balaban J connectivity index is 1.86. The van der Waals surface area contributed by atoms with Gasteiger partial charge in [-0.05, 0) is 55.0 Å². The van der Waals surface area contributed by atoms with Gasteiger partial charge in [0.05, 0.1) is 18.8 Å². The first-order valence-electron chi connectivity index (χ1n) is 9.83. The van der Waals surface area contributed by atoms with Crippen molar-refractivity contribution in [2.75, 3.05) is 12.4 Å². The van der Waals surface area contributed by atoms with Crippen molar-refractivity contribution in [3.05, 3.63) is 81.0 Å². The van der Waals surface area contributed by atoms with Crippen LogP contribution in [0.25, 0.3) is 0 Å². The molecule has 0 amide bonds. The van der Waals surface area contributed by atoms with Gasteiger partial charge in [-0.1, -0.05) is 37.3 Å². The molecule has 150 valence electrons. The standard InChI is InChI=1S/C23H24FN3O2/c1-4-15-13-18(14(2)12-17(15)24)25-23-26-22(28)21(29-3)20-11-10-19(27(20)23)16-8-6-5-7-9-16/h5-9,12-13,19H,4,10-11H2,1-3H3,(H,25,26,28). The van der Waals surface area contributed by atoms with E-state index < -0.39 is 5.56 Å². The van der Waals surface area contributed by atoms with E-state index in [1.165, 1.54) is 13.2 Å². The number of nitrogens with one attached hydrogen (secondary N) is 1. The van der Waals surface area contributed by atoms with Gasteiger partial charge in [-0.2, -0.15) is 4.98 Å². The minimum atomic E-state index is -0.398. The van der Waals surface area contributed by atoms with E-state index in [1.807, 2.05) is 36.6 Å². The third-order valence-corrected chi connectivity index (χ3v) is 5.56. The molecule has 6 heteroatoms.